The summed E-state index contributed by atoms with van der Waals surface area (Å²) in [5.74, 6) is 0.963. The molecule has 1 aromatic heterocycles. The van der Waals surface area contributed by atoms with Crippen molar-refractivity contribution in [1.29, 1.82) is 0 Å². The number of nitrogens with one attached hydrogen (secondary N) is 1. The summed E-state index contributed by atoms with van der Waals surface area (Å²) >= 11 is 0. The average molecular weight is 278 g/mol. The van der Waals surface area contributed by atoms with Crippen LogP contribution in [0, 0.1) is 16.0 Å². The maximum absolute atomic E-state index is 10.7. The van der Waals surface area contributed by atoms with Crippen LogP contribution in [0.15, 0.2) is 22.1 Å². The van der Waals surface area contributed by atoms with E-state index in [1.54, 1.807) is 6.07 Å². The highest BCUT2D eigenvalue weighted by atomic mass is 16.6. The van der Waals surface area contributed by atoms with Crippen molar-refractivity contribution in [2.45, 2.75) is 39.0 Å². The van der Waals surface area contributed by atoms with Crippen LogP contribution < -0.4 is 5.32 Å². The van der Waals surface area contributed by atoms with Crippen LogP contribution >= 0.6 is 0 Å². The van der Waals surface area contributed by atoms with Crippen LogP contribution in [0.2, 0.25) is 0 Å². The molecule has 0 aliphatic heterocycles. The Morgan fingerprint density at radius 2 is 2.20 bits per heavy atom. The first-order chi connectivity index (χ1) is 9.70. The van der Waals surface area contributed by atoms with E-state index in [1.807, 2.05) is 6.08 Å². The predicted octanol–water partition coefficient (Wildman–Crippen LogP) is 3.76. The molecule has 0 radical (unpaired) electrons. The van der Waals surface area contributed by atoms with E-state index in [0.717, 1.165) is 13.1 Å². The molecule has 20 heavy (non-hydrogen) atoms. The molecule has 1 aromatic rings. The van der Waals surface area contributed by atoms with Gasteiger partial charge < -0.3 is 9.73 Å². The third kappa shape index (κ3) is 3.93. The van der Waals surface area contributed by atoms with Gasteiger partial charge in [-0.25, -0.2) is 0 Å². The molecule has 1 fully saturated rings. The Labute approximate surface area is 119 Å². The molecule has 2 rings (SSSR count). The minimum absolute atomic E-state index is 0.192. The fourth-order valence-corrected chi connectivity index (χ4v) is 2.76. The number of hydrogen-bond acceptors (Lipinski definition) is 4. The van der Waals surface area contributed by atoms with Crippen LogP contribution in [0.1, 0.15) is 44.8 Å². The van der Waals surface area contributed by atoms with Gasteiger partial charge in [-0.1, -0.05) is 26.2 Å². The largest absolute Gasteiger partial charge is 0.433 e. The Morgan fingerprint density at radius 1 is 1.45 bits per heavy atom. The third-order valence-corrected chi connectivity index (χ3v) is 3.83. The van der Waals surface area contributed by atoms with E-state index in [2.05, 4.69) is 12.2 Å². The van der Waals surface area contributed by atoms with Crippen LogP contribution in [0.3, 0.4) is 0 Å². The second-order valence-corrected chi connectivity index (χ2v) is 5.27. The Bertz CT molecular complexity index is 473. The summed E-state index contributed by atoms with van der Waals surface area (Å²) in [6, 6.07) is 3.09. The molecule has 0 aromatic carbocycles. The van der Waals surface area contributed by atoms with Gasteiger partial charge in [0.25, 0.3) is 0 Å². The maximum atomic E-state index is 10.7. The van der Waals surface area contributed by atoms with Crippen molar-refractivity contribution in [1.82, 2.24) is 5.32 Å². The van der Waals surface area contributed by atoms with Gasteiger partial charge in [-0.05, 0) is 43.0 Å². The van der Waals surface area contributed by atoms with Crippen molar-refractivity contribution < 1.29 is 9.34 Å². The number of likely N-dealkylation sites (N-methyl/N-ethyl adjacent to an activating group) is 1. The molecule has 110 valence electrons. The van der Waals surface area contributed by atoms with Crippen molar-refractivity contribution >= 4 is 12.0 Å². The van der Waals surface area contributed by atoms with E-state index in [-0.39, 0.29) is 5.88 Å². The van der Waals surface area contributed by atoms with E-state index in [9.17, 15) is 10.1 Å². The Balaban J connectivity index is 2.14. The van der Waals surface area contributed by atoms with Gasteiger partial charge in [0, 0.05) is 6.54 Å². The van der Waals surface area contributed by atoms with Crippen LogP contribution in [0.5, 0.6) is 0 Å². The quantitative estimate of drug-likeness (QED) is 0.635. The average Bonchev–Trinajstić information content (AvgIpc) is 2.93. The number of rotatable bonds is 6. The van der Waals surface area contributed by atoms with Crippen LogP contribution in [-0.2, 0) is 0 Å². The zero-order valence-corrected chi connectivity index (χ0v) is 11.9. The normalized spacial score (nSPS) is 17.4. The van der Waals surface area contributed by atoms with E-state index < -0.39 is 4.92 Å². The lowest BCUT2D eigenvalue weighted by Crippen LogP contribution is -2.22. The van der Waals surface area contributed by atoms with E-state index in [4.69, 9.17) is 4.42 Å². The van der Waals surface area contributed by atoms with Gasteiger partial charge >= 0.3 is 5.88 Å². The summed E-state index contributed by atoms with van der Waals surface area (Å²) < 4.78 is 5.24. The molecule has 0 unspecified atom stereocenters. The van der Waals surface area contributed by atoms with Crippen molar-refractivity contribution in [3.05, 3.63) is 33.6 Å². The lowest BCUT2D eigenvalue weighted by molar-refractivity contribution is -0.402. The van der Waals surface area contributed by atoms with E-state index in [0.29, 0.717) is 11.7 Å². The van der Waals surface area contributed by atoms with Crippen molar-refractivity contribution in [3.8, 4) is 0 Å². The van der Waals surface area contributed by atoms with Crippen molar-refractivity contribution in [3.63, 3.8) is 0 Å². The summed E-state index contributed by atoms with van der Waals surface area (Å²) in [6.45, 7) is 3.83. The molecule has 0 atom stereocenters. The fraction of sp³-hybridized carbons (Fsp3) is 0.600. The van der Waals surface area contributed by atoms with Crippen molar-refractivity contribution in [2.75, 3.05) is 13.1 Å². The lowest BCUT2D eigenvalue weighted by Gasteiger charge is -2.24. The van der Waals surface area contributed by atoms with E-state index in [1.165, 1.54) is 43.7 Å². The Morgan fingerprint density at radius 3 is 2.80 bits per heavy atom. The minimum Gasteiger partial charge on any atom is -0.401 e. The molecule has 0 saturated heterocycles. The molecule has 1 saturated carbocycles. The SMILES string of the molecule is CCNC/C(=C/c1ccc([N+](=O)[O-])o1)C1CCCCC1. The third-order valence-electron chi connectivity index (χ3n) is 3.83. The zero-order chi connectivity index (χ0) is 14.4. The Kier molecular flexibility index (Phi) is 5.35. The first-order valence-corrected chi connectivity index (χ1v) is 7.36. The van der Waals surface area contributed by atoms with Crippen molar-refractivity contribution in [2.24, 2.45) is 5.92 Å². The molecular formula is C15H22N2O3. The van der Waals surface area contributed by atoms with Gasteiger partial charge in [-0.3, -0.25) is 10.1 Å². The molecule has 1 heterocycles. The molecule has 0 amide bonds. The fourth-order valence-electron chi connectivity index (χ4n) is 2.76. The monoisotopic (exact) mass is 278 g/mol. The molecule has 5 nitrogen and oxygen atoms in total. The second-order valence-electron chi connectivity index (χ2n) is 5.27. The standard InChI is InChI=1S/C15H22N2O3/c1-2-16-11-13(12-6-4-3-5-7-12)10-14-8-9-15(20-14)17(18)19/h8-10,12,16H,2-7,11H2,1H3/b13-10-. The highest BCUT2D eigenvalue weighted by molar-refractivity contribution is 5.50. The van der Waals surface area contributed by atoms with Gasteiger partial charge in [0.15, 0.2) is 0 Å². The summed E-state index contributed by atoms with van der Waals surface area (Å²) in [5, 5.41) is 14.0. The topological polar surface area (TPSA) is 68.3 Å². The first kappa shape index (κ1) is 14.8. The lowest BCUT2D eigenvalue weighted by atomic mass is 9.83. The minimum atomic E-state index is -0.498. The maximum Gasteiger partial charge on any atom is 0.433 e. The second kappa shape index (κ2) is 7.24. The predicted molar refractivity (Wildman–Crippen MR) is 78.5 cm³/mol. The zero-order valence-electron chi connectivity index (χ0n) is 11.9. The highest BCUT2D eigenvalue weighted by Gasteiger charge is 2.19. The van der Waals surface area contributed by atoms with Crippen LogP contribution in [0.4, 0.5) is 5.88 Å². The molecule has 0 bridgehead atoms. The summed E-state index contributed by atoms with van der Waals surface area (Å²) in [5.41, 5.74) is 1.30. The van der Waals surface area contributed by atoms with Crippen LogP contribution in [0.25, 0.3) is 6.08 Å². The number of nitrogens with zero attached hydrogens (tertiary/aromatic N) is 1. The summed E-state index contributed by atoms with van der Waals surface area (Å²) in [6.07, 6.45) is 8.25. The first-order valence-electron chi connectivity index (χ1n) is 7.36. The van der Waals surface area contributed by atoms with Gasteiger partial charge in [0.05, 0.1) is 6.07 Å². The summed E-state index contributed by atoms with van der Waals surface area (Å²) in [7, 11) is 0. The molecule has 1 aliphatic rings. The molecular weight excluding hydrogens is 256 g/mol. The van der Waals surface area contributed by atoms with Gasteiger partial charge in [-0.15, -0.1) is 0 Å². The van der Waals surface area contributed by atoms with Gasteiger partial charge in [-0.2, -0.15) is 0 Å². The van der Waals surface area contributed by atoms with Gasteiger partial charge in [0.1, 0.15) is 10.7 Å². The number of furan rings is 1. The smallest absolute Gasteiger partial charge is 0.401 e. The molecule has 0 spiro atoms. The molecule has 1 N–H and O–H groups in total. The number of nitro groups is 1. The van der Waals surface area contributed by atoms with E-state index >= 15 is 0 Å². The molecule has 1 aliphatic carbocycles. The van der Waals surface area contributed by atoms with Gasteiger partial charge in [0.2, 0.25) is 0 Å². The summed E-state index contributed by atoms with van der Waals surface area (Å²) in [4.78, 5) is 10.2. The highest BCUT2D eigenvalue weighted by Crippen LogP contribution is 2.31. The Hall–Kier alpha value is -1.62. The van der Waals surface area contributed by atoms with Crippen LogP contribution in [-0.4, -0.2) is 18.0 Å². The molecule has 5 heteroatoms. The number of hydrogen-bond donors (Lipinski definition) is 1.